The van der Waals surface area contributed by atoms with Crippen LogP contribution in [0.4, 0.5) is 0 Å². The van der Waals surface area contributed by atoms with Gasteiger partial charge in [-0.2, -0.15) is 0 Å². The van der Waals surface area contributed by atoms with E-state index < -0.39 is 0 Å². The van der Waals surface area contributed by atoms with E-state index in [0.717, 1.165) is 11.3 Å². The molecule has 0 unspecified atom stereocenters. The zero-order valence-corrected chi connectivity index (χ0v) is 15.8. The summed E-state index contributed by atoms with van der Waals surface area (Å²) in [5.74, 6) is 0. The summed E-state index contributed by atoms with van der Waals surface area (Å²) in [7, 11) is -0.198. The van der Waals surface area contributed by atoms with Crippen molar-refractivity contribution in [3.63, 3.8) is 0 Å². The molecule has 2 aliphatic carbocycles. The van der Waals surface area contributed by atoms with Crippen LogP contribution in [0, 0.1) is 0 Å². The van der Waals surface area contributed by atoms with E-state index in [1.54, 1.807) is 31.2 Å². The van der Waals surface area contributed by atoms with Crippen molar-refractivity contribution in [1.29, 1.82) is 0 Å². The van der Waals surface area contributed by atoms with E-state index in [-0.39, 0.29) is 24.9 Å². The van der Waals surface area contributed by atoms with Crippen LogP contribution < -0.4 is 17.0 Å². The fourth-order valence-corrected chi connectivity index (χ4v) is 8.65. The maximum absolute atomic E-state index is 2.37. The number of hydrogen-bond acceptors (Lipinski definition) is 0. The maximum atomic E-state index is 2.37. The summed E-state index contributed by atoms with van der Waals surface area (Å²) < 4.78 is 0. The lowest BCUT2D eigenvalue weighted by atomic mass is 9.99. The molecule has 3 rings (SSSR count). The van der Waals surface area contributed by atoms with Crippen molar-refractivity contribution in [2.45, 2.75) is 81.7 Å². The summed E-state index contributed by atoms with van der Waals surface area (Å²) in [5, 5.41) is 0. The monoisotopic (exact) mass is 368 g/mol. The molecule has 2 heteroatoms. The number of rotatable bonds is 4. The van der Waals surface area contributed by atoms with Gasteiger partial charge in [0.2, 0.25) is 0 Å². The molecule has 21 heavy (non-hydrogen) atoms. The van der Waals surface area contributed by atoms with Crippen LogP contribution in [-0.2, 0) is 6.16 Å². The lowest BCUT2D eigenvalue weighted by Crippen LogP contribution is -3.00. The molecule has 0 amide bonds. The number of halogens is 1. The van der Waals surface area contributed by atoms with E-state index in [1.807, 2.05) is 0 Å². The Morgan fingerprint density at radius 2 is 1.19 bits per heavy atom. The highest BCUT2D eigenvalue weighted by atomic mass is 79.9. The van der Waals surface area contributed by atoms with Crippen LogP contribution in [0.1, 0.15) is 69.8 Å². The van der Waals surface area contributed by atoms with E-state index in [0.29, 0.717) is 0 Å². The first kappa shape index (κ1) is 17.5. The van der Waals surface area contributed by atoms with Crippen LogP contribution >= 0.6 is 7.92 Å². The molecule has 0 aromatic heterocycles. The van der Waals surface area contributed by atoms with E-state index >= 15 is 0 Å². The Labute approximate surface area is 142 Å². The highest BCUT2D eigenvalue weighted by Crippen LogP contribution is 2.57. The molecule has 2 aliphatic rings. The van der Waals surface area contributed by atoms with E-state index in [2.05, 4.69) is 30.3 Å². The standard InChI is InChI=1S/C19H29P.BrH/c1-4-10-17(11-5-1)16-20(18-12-6-2-7-13-18)19-14-8-3-9-15-19;/h1,4-5,10-11,18-19H,2-3,6-9,12-16H2;1H. The molecule has 2 saturated carbocycles. The van der Waals surface area contributed by atoms with E-state index in [4.69, 9.17) is 0 Å². The number of hydrogen-bond donors (Lipinski definition) is 0. The molecule has 0 heterocycles. The second kappa shape index (κ2) is 9.31. The molecule has 0 radical (unpaired) electrons. The molecule has 0 bridgehead atoms. The van der Waals surface area contributed by atoms with Crippen molar-refractivity contribution in [2.75, 3.05) is 0 Å². The fraction of sp³-hybridized carbons (Fsp3) is 0.684. The third kappa shape index (κ3) is 5.07. The van der Waals surface area contributed by atoms with Crippen LogP contribution in [0.15, 0.2) is 30.3 Å². The Balaban J connectivity index is 0.00000161. The summed E-state index contributed by atoms with van der Waals surface area (Å²) in [5.41, 5.74) is 3.87. The minimum atomic E-state index is -0.198. The van der Waals surface area contributed by atoms with Gasteiger partial charge < -0.3 is 17.0 Å². The molecule has 0 nitrogen and oxygen atoms in total. The van der Waals surface area contributed by atoms with Gasteiger partial charge in [-0.15, -0.1) is 0 Å². The Kier molecular flexibility index (Phi) is 7.75. The van der Waals surface area contributed by atoms with E-state index in [9.17, 15) is 0 Å². The average molecular weight is 369 g/mol. The van der Waals surface area contributed by atoms with Crippen LogP contribution in [0.5, 0.6) is 0 Å². The minimum Gasteiger partial charge on any atom is -1.00 e. The third-order valence-electron chi connectivity index (χ3n) is 5.51. The van der Waals surface area contributed by atoms with Gasteiger partial charge in [0.05, 0.1) is 17.5 Å². The predicted octanol–water partition coefficient (Wildman–Crippen LogP) is 3.07. The minimum absolute atomic E-state index is 0. The second-order valence-electron chi connectivity index (χ2n) is 6.91. The molecule has 2 fully saturated rings. The highest BCUT2D eigenvalue weighted by molar-refractivity contribution is 7.58. The van der Waals surface area contributed by atoms with Crippen LogP contribution in [0.3, 0.4) is 0 Å². The van der Waals surface area contributed by atoms with Gasteiger partial charge in [0.15, 0.2) is 0 Å². The molecular weight excluding hydrogens is 339 g/mol. The van der Waals surface area contributed by atoms with Gasteiger partial charge in [-0.3, -0.25) is 0 Å². The summed E-state index contributed by atoms with van der Waals surface area (Å²) >= 11 is 0. The average Bonchev–Trinajstić information content (AvgIpc) is 2.55. The Morgan fingerprint density at radius 1 is 0.714 bits per heavy atom. The van der Waals surface area contributed by atoms with Gasteiger partial charge in [0.1, 0.15) is 0 Å². The Morgan fingerprint density at radius 3 is 1.67 bits per heavy atom. The highest BCUT2D eigenvalue weighted by Gasteiger charge is 2.37. The lowest BCUT2D eigenvalue weighted by molar-refractivity contribution is -0.00000414. The molecule has 0 saturated heterocycles. The second-order valence-corrected chi connectivity index (χ2v) is 10.0. The summed E-state index contributed by atoms with van der Waals surface area (Å²) in [6.45, 7) is 0. The molecule has 0 atom stereocenters. The van der Waals surface area contributed by atoms with Crippen molar-refractivity contribution < 1.29 is 17.0 Å². The van der Waals surface area contributed by atoms with Crippen LogP contribution in [0.25, 0.3) is 0 Å². The molecule has 0 N–H and O–H groups in total. The van der Waals surface area contributed by atoms with Crippen molar-refractivity contribution in [2.24, 2.45) is 0 Å². The smallest absolute Gasteiger partial charge is 0.0825 e. The maximum Gasteiger partial charge on any atom is 0.0825 e. The van der Waals surface area contributed by atoms with Crippen molar-refractivity contribution in [3.05, 3.63) is 35.9 Å². The topological polar surface area (TPSA) is 0 Å². The van der Waals surface area contributed by atoms with Gasteiger partial charge >= 0.3 is 0 Å². The molecule has 0 spiro atoms. The van der Waals surface area contributed by atoms with Gasteiger partial charge in [0.25, 0.3) is 0 Å². The Bertz CT molecular complexity index is 362. The van der Waals surface area contributed by atoms with E-state index in [1.165, 1.54) is 44.7 Å². The number of benzene rings is 1. The summed E-state index contributed by atoms with van der Waals surface area (Å²) in [4.78, 5) is 0. The normalized spacial score (nSPS) is 21.2. The SMILES string of the molecule is [Br-].c1ccc(C[PH+](C2CCCCC2)C2CCCCC2)cc1. The largest absolute Gasteiger partial charge is 1.00 e. The zero-order valence-electron chi connectivity index (χ0n) is 13.2. The zero-order chi connectivity index (χ0) is 13.6. The molecule has 0 aliphatic heterocycles. The van der Waals surface area contributed by atoms with Crippen LogP contribution in [0.2, 0.25) is 0 Å². The fourth-order valence-electron chi connectivity index (χ4n) is 4.40. The summed E-state index contributed by atoms with van der Waals surface area (Å²) in [6.07, 6.45) is 16.7. The van der Waals surface area contributed by atoms with Gasteiger partial charge in [0, 0.05) is 7.92 Å². The summed E-state index contributed by atoms with van der Waals surface area (Å²) in [6, 6.07) is 11.4. The van der Waals surface area contributed by atoms with Gasteiger partial charge in [-0.1, -0.05) is 43.2 Å². The Hall–Kier alpha value is 0.130. The first-order valence-electron chi connectivity index (χ1n) is 8.83. The first-order chi connectivity index (χ1) is 9.93. The quantitative estimate of drug-likeness (QED) is 0.716. The van der Waals surface area contributed by atoms with Crippen molar-refractivity contribution in [1.82, 2.24) is 0 Å². The molecular formula is C19H30BrP. The lowest BCUT2D eigenvalue weighted by Gasteiger charge is -2.32. The van der Waals surface area contributed by atoms with Crippen molar-refractivity contribution in [3.8, 4) is 0 Å². The molecule has 118 valence electrons. The predicted molar refractivity (Wildman–Crippen MR) is 92.2 cm³/mol. The molecule has 1 aromatic carbocycles. The van der Waals surface area contributed by atoms with Gasteiger partial charge in [-0.25, -0.2) is 0 Å². The molecule has 1 aromatic rings. The van der Waals surface area contributed by atoms with Gasteiger partial charge in [-0.05, 0) is 56.9 Å². The third-order valence-corrected chi connectivity index (χ3v) is 9.58. The first-order valence-corrected chi connectivity index (χ1v) is 10.7. The van der Waals surface area contributed by atoms with Crippen molar-refractivity contribution >= 4 is 7.92 Å². The van der Waals surface area contributed by atoms with Crippen LogP contribution in [-0.4, -0.2) is 11.3 Å².